The average molecular weight is 217 g/mol. The number of carboxylic acids is 1. The van der Waals surface area contributed by atoms with Crippen molar-refractivity contribution in [1.82, 2.24) is 9.55 Å². The molecule has 1 aromatic rings. The molecule has 0 radical (unpaired) electrons. The predicted molar refractivity (Wildman–Crippen MR) is 53.6 cm³/mol. The maximum absolute atomic E-state index is 10.4. The fourth-order valence-corrected chi connectivity index (χ4v) is 1.52. The molecular formula is C9H13ClN2O2. The largest absolute Gasteiger partial charge is 0.481 e. The molecule has 0 aliphatic rings. The summed E-state index contributed by atoms with van der Waals surface area (Å²) in [5, 5.41) is 9.13. The number of imidazole rings is 1. The van der Waals surface area contributed by atoms with Crippen LogP contribution in [0.4, 0.5) is 0 Å². The Bertz CT molecular complexity index is 347. The van der Waals surface area contributed by atoms with Crippen molar-refractivity contribution in [2.24, 2.45) is 7.05 Å². The second-order valence-electron chi connectivity index (χ2n) is 3.07. The smallest absolute Gasteiger partial charge is 0.303 e. The van der Waals surface area contributed by atoms with Crippen LogP contribution in [0.5, 0.6) is 0 Å². The van der Waals surface area contributed by atoms with E-state index in [9.17, 15) is 4.79 Å². The Labute approximate surface area is 87.5 Å². The third-order valence-corrected chi connectivity index (χ3v) is 2.55. The average Bonchev–Trinajstić information content (AvgIpc) is 2.41. The van der Waals surface area contributed by atoms with Gasteiger partial charge in [-0.05, 0) is 6.42 Å². The lowest BCUT2D eigenvalue weighted by atomic mass is 10.3. The van der Waals surface area contributed by atoms with E-state index in [0.29, 0.717) is 11.6 Å². The molecule has 0 bridgehead atoms. The van der Waals surface area contributed by atoms with Crippen molar-refractivity contribution in [3.8, 4) is 0 Å². The molecule has 1 rings (SSSR count). The summed E-state index contributed by atoms with van der Waals surface area (Å²) in [6.45, 7) is 1.97. The summed E-state index contributed by atoms with van der Waals surface area (Å²) < 4.78 is 1.74. The van der Waals surface area contributed by atoms with Crippen LogP contribution in [0.15, 0.2) is 0 Å². The van der Waals surface area contributed by atoms with Gasteiger partial charge in [-0.3, -0.25) is 4.79 Å². The van der Waals surface area contributed by atoms with Crippen molar-refractivity contribution in [3.63, 3.8) is 0 Å². The van der Waals surface area contributed by atoms with Gasteiger partial charge in [-0.1, -0.05) is 18.5 Å². The summed E-state index contributed by atoms with van der Waals surface area (Å²) in [5.74, 6) is -0.0866. The van der Waals surface area contributed by atoms with Crippen LogP contribution in [0.1, 0.15) is 24.9 Å². The summed E-state index contributed by atoms with van der Waals surface area (Å²) >= 11 is 5.98. The van der Waals surface area contributed by atoms with Gasteiger partial charge < -0.3 is 9.67 Å². The zero-order chi connectivity index (χ0) is 10.7. The minimum atomic E-state index is -0.817. The van der Waals surface area contributed by atoms with Crippen LogP contribution in [0, 0.1) is 0 Å². The molecular weight excluding hydrogens is 204 g/mol. The van der Waals surface area contributed by atoms with Crippen molar-refractivity contribution < 1.29 is 9.90 Å². The van der Waals surface area contributed by atoms with Gasteiger partial charge in [-0.15, -0.1) is 0 Å². The Kier molecular flexibility index (Phi) is 3.52. The molecule has 0 saturated carbocycles. The molecule has 0 aromatic carbocycles. The van der Waals surface area contributed by atoms with Gasteiger partial charge >= 0.3 is 5.97 Å². The first-order valence-corrected chi connectivity index (χ1v) is 4.85. The van der Waals surface area contributed by atoms with Crippen LogP contribution in [-0.4, -0.2) is 20.6 Å². The molecule has 0 aliphatic carbocycles. The highest BCUT2D eigenvalue weighted by Gasteiger charge is 2.11. The Morgan fingerprint density at radius 2 is 2.29 bits per heavy atom. The van der Waals surface area contributed by atoms with Crippen LogP contribution in [-0.2, 0) is 24.7 Å². The van der Waals surface area contributed by atoms with E-state index >= 15 is 0 Å². The molecule has 1 N–H and O–H groups in total. The first-order chi connectivity index (χ1) is 6.56. The van der Waals surface area contributed by atoms with E-state index in [-0.39, 0.29) is 6.42 Å². The van der Waals surface area contributed by atoms with Crippen molar-refractivity contribution in [2.45, 2.75) is 26.2 Å². The third kappa shape index (κ3) is 2.26. The molecule has 14 heavy (non-hydrogen) atoms. The third-order valence-electron chi connectivity index (χ3n) is 2.08. The van der Waals surface area contributed by atoms with Gasteiger partial charge in [0.25, 0.3) is 0 Å². The lowest BCUT2D eigenvalue weighted by Crippen LogP contribution is -2.03. The number of halogens is 1. The fraction of sp³-hybridized carbons (Fsp3) is 0.556. The highest BCUT2D eigenvalue weighted by molar-refractivity contribution is 6.30. The molecule has 0 saturated heterocycles. The molecule has 1 heterocycles. The number of aliphatic carboxylic acids is 1. The summed E-state index contributed by atoms with van der Waals surface area (Å²) in [4.78, 5) is 14.6. The van der Waals surface area contributed by atoms with E-state index in [1.807, 2.05) is 6.92 Å². The van der Waals surface area contributed by atoms with Crippen molar-refractivity contribution in [1.29, 1.82) is 0 Å². The highest BCUT2D eigenvalue weighted by atomic mass is 35.5. The summed E-state index contributed by atoms with van der Waals surface area (Å²) in [5.41, 5.74) is 0.828. The zero-order valence-corrected chi connectivity index (χ0v) is 9.01. The molecule has 1 aromatic heterocycles. The summed E-state index contributed by atoms with van der Waals surface area (Å²) in [7, 11) is 1.80. The first kappa shape index (κ1) is 11.0. The lowest BCUT2D eigenvalue weighted by molar-refractivity contribution is -0.137. The van der Waals surface area contributed by atoms with Crippen molar-refractivity contribution in [2.75, 3.05) is 0 Å². The first-order valence-electron chi connectivity index (χ1n) is 4.48. The zero-order valence-electron chi connectivity index (χ0n) is 8.25. The number of carbonyl (C=O) groups is 1. The number of aromatic nitrogens is 2. The van der Waals surface area contributed by atoms with Crippen LogP contribution in [0.2, 0.25) is 5.15 Å². The van der Waals surface area contributed by atoms with Crippen molar-refractivity contribution >= 4 is 17.6 Å². The van der Waals surface area contributed by atoms with E-state index in [2.05, 4.69) is 4.98 Å². The number of rotatable bonds is 4. The monoisotopic (exact) mass is 216 g/mol. The van der Waals surface area contributed by atoms with E-state index in [1.165, 1.54) is 0 Å². The normalized spacial score (nSPS) is 10.5. The van der Waals surface area contributed by atoms with Gasteiger partial charge in [0.2, 0.25) is 0 Å². The summed E-state index contributed by atoms with van der Waals surface area (Å²) in [6, 6.07) is 0. The van der Waals surface area contributed by atoms with Crippen LogP contribution in [0.25, 0.3) is 0 Å². The van der Waals surface area contributed by atoms with Gasteiger partial charge in [-0.2, -0.15) is 0 Å². The predicted octanol–water partition coefficient (Wildman–Crippen LogP) is 1.65. The SMILES string of the molecule is CCc1nc(CCC(=O)O)n(C)c1Cl. The van der Waals surface area contributed by atoms with Crippen LogP contribution >= 0.6 is 11.6 Å². The summed E-state index contributed by atoms with van der Waals surface area (Å²) in [6.07, 6.45) is 1.27. The standard InChI is InChI=1S/C9H13ClN2O2/c1-3-6-9(10)12(2)7(11-6)4-5-8(13)14/h3-5H2,1-2H3,(H,13,14). The van der Waals surface area contributed by atoms with E-state index in [1.54, 1.807) is 11.6 Å². The second-order valence-corrected chi connectivity index (χ2v) is 3.43. The molecule has 4 nitrogen and oxygen atoms in total. The quantitative estimate of drug-likeness (QED) is 0.833. The maximum Gasteiger partial charge on any atom is 0.303 e. The molecule has 0 unspecified atom stereocenters. The van der Waals surface area contributed by atoms with E-state index in [4.69, 9.17) is 16.7 Å². The van der Waals surface area contributed by atoms with Gasteiger partial charge in [0.05, 0.1) is 12.1 Å². The Balaban J connectivity index is 2.82. The Hall–Kier alpha value is -1.03. The number of carboxylic acid groups (broad SMARTS) is 1. The fourth-order valence-electron chi connectivity index (χ4n) is 1.25. The molecule has 78 valence electrons. The van der Waals surface area contributed by atoms with Gasteiger partial charge in [0.1, 0.15) is 11.0 Å². The Morgan fingerprint density at radius 1 is 1.64 bits per heavy atom. The van der Waals surface area contributed by atoms with Gasteiger partial charge in [0, 0.05) is 13.5 Å². The topological polar surface area (TPSA) is 55.1 Å². The van der Waals surface area contributed by atoms with Gasteiger partial charge in [-0.25, -0.2) is 4.98 Å². The second kappa shape index (κ2) is 4.46. The molecule has 0 atom stereocenters. The Morgan fingerprint density at radius 3 is 2.71 bits per heavy atom. The van der Waals surface area contributed by atoms with Crippen LogP contribution < -0.4 is 0 Å². The van der Waals surface area contributed by atoms with Gasteiger partial charge in [0.15, 0.2) is 0 Å². The van der Waals surface area contributed by atoms with E-state index < -0.39 is 5.97 Å². The maximum atomic E-state index is 10.4. The molecule has 0 amide bonds. The van der Waals surface area contributed by atoms with Crippen molar-refractivity contribution in [3.05, 3.63) is 16.7 Å². The molecule has 0 aliphatic heterocycles. The highest BCUT2D eigenvalue weighted by Crippen LogP contribution is 2.17. The minimum Gasteiger partial charge on any atom is -0.481 e. The number of aryl methyl sites for hydroxylation is 2. The minimum absolute atomic E-state index is 0.0876. The lowest BCUT2D eigenvalue weighted by Gasteiger charge is -1.99. The van der Waals surface area contributed by atoms with Crippen LogP contribution in [0.3, 0.4) is 0 Å². The van der Waals surface area contributed by atoms with E-state index in [0.717, 1.165) is 17.9 Å². The molecule has 5 heteroatoms. The number of nitrogens with zero attached hydrogens (tertiary/aromatic N) is 2. The molecule has 0 fully saturated rings. The number of hydrogen-bond donors (Lipinski definition) is 1. The molecule has 0 spiro atoms. The number of hydrogen-bond acceptors (Lipinski definition) is 2.